The van der Waals surface area contributed by atoms with Gasteiger partial charge in [-0.1, -0.05) is 72.2 Å². The summed E-state index contributed by atoms with van der Waals surface area (Å²) in [5, 5.41) is 12.7. The molecule has 0 spiro atoms. The Kier molecular flexibility index (Phi) is 26.6. The first-order valence-electron chi connectivity index (χ1n) is 28.8. The fraction of sp³-hybridized carbons (Fsp3) is 0.597. The molecule has 2 aliphatic rings. The topological polar surface area (TPSA) is 111 Å². The van der Waals surface area contributed by atoms with Crippen molar-refractivity contribution in [3.63, 3.8) is 0 Å². The second-order valence-electron chi connectivity index (χ2n) is 27.8. The molecule has 19 heteroatoms. The molecule has 2 heterocycles. The third-order valence-electron chi connectivity index (χ3n) is 13.5. The number of thioether (sulfide) groups is 2. The number of hydrogen-bond acceptors (Lipinski definition) is 12. The van der Waals surface area contributed by atoms with Crippen LogP contribution in [-0.4, -0.2) is 123 Å². The van der Waals surface area contributed by atoms with Gasteiger partial charge in [-0.25, -0.2) is 4.79 Å². The highest BCUT2D eigenvalue weighted by Crippen LogP contribution is 2.45. The molecule has 10 nitrogen and oxygen atoms in total. The molecule has 2 saturated heterocycles. The SMILES string of the molecule is CSc1ccc(Cc2cc(Br)ccc2C)cc1.CSc1ccc(Cc2cc([C@]3(O)O[C@H](CO[Si](C)(C)C)[C@@H](C)[C@H](O[Si](C)(C)C)[C@H]3O[Si](C)(C)C)ccc2C)cc1.C[C@H]1[C@H](O[Si](C)(C)C)[C@@H](O[Si](C)(C)C)C(=O)O[C@@H]1CO[Si](C)(C)C. The molecular formula is C62H103BrO10S2Si6. The van der Waals surface area contributed by atoms with Crippen molar-refractivity contribution in [1.29, 1.82) is 0 Å². The Balaban J connectivity index is 0.000000290. The van der Waals surface area contributed by atoms with E-state index in [1.807, 2.05) is 6.07 Å². The molecule has 2 fully saturated rings. The number of carbonyl (C=O) groups excluding carboxylic acids is 1. The zero-order valence-corrected chi connectivity index (χ0v) is 63.1. The maximum absolute atomic E-state index is 12.7. The Morgan fingerprint density at radius 2 is 0.938 bits per heavy atom. The van der Waals surface area contributed by atoms with Crippen molar-refractivity contribution < 1.29 is 45.9 Å². The fourth-order valence-electron chi connectivity index (χ4n) is 9.35. The first kappa shape index (κ1) is 72.0. The van der Waals surface area contributed by atoms with Crippen LogP contribution in [0.3, 0.4) is 0 Å². The molecule has 2 aliphatic heterocycles. The van der Waals surface area contributed by atoms with Gasteiger partial charge in [-0.2, -0.15) is 0 Å². The molecule has 4 aromatic rings. The summed E-state index contributed by atoms with van der Waals surface area (Å²) in [6, 6.07) is 30.2. The van der Waals surface area contributed by atoms with Crippen molar-refractivity contribution in [3.05, 3.63) is 128 Å². The smallest absolute Gasteiger partial charge is 0.337 e. The second-order valence-corrected chi connectivity index (χ2v) is 57.4. The summed E-state index contributed by atoms with van der Waals surface area (Å²) in [4.78, 5) is 15.2. The van der Waals surface area contributed by atoms with Gasteiger partial charge in [0.15, 0.2) is 56.0 Å². The van der Waals surface area contributed by atoms with Crippen molar-refractivity contribution in [3.8, 4) is 0 Å². The Bertz CT molecular complexity index is 2610. The van der Waals surface area contributed by atoms with Crippen molar-refractivity contribution >= 4 is 95.3 Å². The van der Waals surface area contributed by atoms with Crippen LogP contribution in [0.25, 0.3) is 0 Å². The lowest BCUT2D eigenvalue weighted by Gasteiger charge is -2.53. The standard InChI is InChI=1S/C31H52O5SSi3.C16H36O5Si3.C15H15BrS/c1-22-13-16-26(20-25(22)19-24-14-17-27(37-3)18-15-24)31(32)30(36-40(10,11)12)29(35-39(7,8)9)23(2)28(34-31)21-33-38(4,5)6;1-12-13(11-18-22(2,3)4)19-16(17)15(21-24(8,9)10)14(12)20-23(5,6)7;1-11-3-6-14(16)10-13(11)9-12-4-7-15(17-2)8-5-12/h13-18,20,23,28-30,32H,19,21H2,1-12H3;12-15H,11H2,1-10H3;3-8,10H,9H2,1-2H3/t23-,28-,29+,30-,31+;12-,13-,14+,15-;/m11./s1. The summed E-state index contributed by atoms with van der Waals surface area (Å²) in [6.07, 6.45) is 3.51. The van der Waals surface area contributed by atoms with Crippen LogP contribution in [0.15, 0.2) is 99.2 Å². The number of cyclic esters (lactones) is 1. The first-order chi connectivity index (χ1) is 37.1. The molecule has 1 N–H and O–H groups in total. The number of aliphatic hydroxyl groups is 1. The van der Waals surface area contributed by atoms with E-state index in [0.29, 0.717) is 18.8 Å². The first-order valence-corrected chi connectivity index (χ1v) is 52.5. The number of ether oxygens (including phenoxy) is 2. The highest BCUT2D eigenvalue weighted by atomic mass is 79.9. The summed E-state index contributed by atoms with van der Waals surface area (Å²) in [5.41, 5.74) is 8.39. The molecular weight excluding hydrogens is 1220 g/mol. The number of benzene rings is 4. The largest absolute Gasteiger partial charge is 0.458 e. The van der Waals surface area contributed by atoms with E-state index in [4.69, 9.17) is 36.0 Å². The molecule has 4 aromatic carbocycles. The third kappa shape index (κ3) is 24.3. The summed E-state index contributed by atoms with van der Waals surface area (Å²) in [6.45, 7) is 48.0. The summed E-state index contributed by atoms with van der Waals surface area (Å²) >= 11 is 7.06. The normalized spacial score (nSPS) is 23.9. The molecule has 0 bridgehead atoms. The lowest BCUT2D eigenvalue weighted by Crippen LogP contribution is -2.65. The van der Waals surface area contributed by atoms with E-state index < -0.39 is 67.9 Å². The van der Waals surface area contributed by atoms with Gasteiger partial charge in [0.2, 0.25) is 5.79 Å². The van der Waals surface area contributed by atoms with Crippen LogP contribution in [0.2, 0.25) is 118 Å². The average Bonchev–Trinajstić information content (AvgIpc) is 3.33. The molecule has 0 aliphatic carbocycles. The van der Waals surface area contributed by atoms with Crippen LogP contribution < -0.4 is 0 Å². The predicted molar refractivity (Wildman–Crippen MR) is 361 cm³/mol. The van der Waals surface area contributed by atoms with Crippen molar-refractivity contribution in [2.24, 2.45) is 11.8 Å². The van der Waals surface area contributed by atoms with Gasteiger partial charge in [0.1, 0.15) is 12.2 Å². The van der Waals surface area contributed by atoms with Gasteiger partial charge in [-0.05, 0) is 233 Å². The highest BCUT2D eigenvalue weighted by molar-refractivity contribution is 9.10. The maximum Gasteiger partial charge on any atom is 0.337 e. The van der Waals surface area contributed by atoms with Gasteiger partial charge in [0, 0.05) is 31.7 Å². The average molecular weight is 1320 g/mol. The minimum atomic E-state index is -2.11. The summed E-state index contributed by atoms with van der Waals surface area (Å²) in [5.74, 6) is -1.94. The van der Waals surface area contributed by atoms with Gasteiger partial charge in [-0.3, -0.25) is 0 Å². The molecule has 0 amide bonds. The van der Waals surface area contributed by atoms with Gasteiger partial charge in [0.05, 0.1) is 31.5 Å². The van der Waals surface area contributed by atoms with Gasteiger partial charge < -0.3 is 41.1 Å². The van der Waals surface area contributed by atoms with Gasteiger partial charge >= 0.3 is 5.97 Å². The van der Waals surface area contributed by atoms with E-state index in [9.17, 15) is 9.90 Å². The van der Waals surface area contributed by atoms with Gasteiger partial charge in [-0.15, -0.1) is 23.5 Å². The van der Waals surface area contributed by atoms with E-state index in [1.54, 1.807) is 23.5 Å². The molecule has 0 unspecified atom stereocenters. The number of aryl methyl sites for hydroxylation is 2. The van der Waals surface area contributed by atoms with Crippen molar-refractivity contribution in [2.75, 3.05) is 25.7 Å². The fourth-order valence-corrected chi connectivity index (χ4v) is 16.3. The highest BCUT2D eigenvalue weighted by Gasteiger charge is 2.57. The van der Waals surface area contributed by atoms with E-state index in [2.05, 4.69) is 253 Å². The van der Waals surface area contributed by atoms with E-state index in [-0.39, 0.29) is 42.2 Å². The second kappa shape index (κ2) is 29.9. The zero-order valence-electron chi connectivity index (χ0n) is 53.8. The third-order valence-corrected chi connectivity index (χ3v) is 21.4. The van der Waals surface area contributed by atoms with E-state index in [1.165, 1.54) is 37.6 Å². The Labute approximate surface area is 513 Å². The van der Waals surface area contributed by atoms with Crippen molar-refractivity contribution in [1.82, 2.24) is 0 Å². The molecule has 0 radical (unpaired) electrons. The lowest BCUT2D eigenvalue weighted by atomic mass is 9.82. The maximum atomic E-state index is 12.7. The monoisotopic (exact) mass is 1320 g/mol. The molecule has 9 atom stereocenters. The van der Waals surface area contributed by atoms with Crippen LogP contribution >= 0.6 is 39.5 Å². The lowest BCUT2D eigenvalue weighted by molar-refractivity contribution is -0.341. The van der Waals surface area contributed by atoms with Crippen LogP contribution in [-0.2, 0) is 59.5 Å². The molecule has 0 saturated carbocycles. The number of hydrogen-bond donors (Lipinski definition) is 1. The van der Waals surface area contributed by atoms with E-state index >= 15 is 0 Å². The minimum Gasteiger partial charge on any atom is -0.458 e. The zero-order chi connectivity index (χ0) is 61.3. The molecule has 0 aromatic heterocycles. The number of rotatable bonds is 21. The predicted octanol–water partition coefficient (Wildman–Crippen LogP) is 16.7. The van der Waals surface area contributed by atoms with E-state index in [0.717, 1.165) is 22.9 Å². The van der Waals surface area contributed by atoms with Crippen LogP contribution in [0.5, 0.6) is 0 Å². The Morgan fingerprint density at radius 1 is 0.531 bits per heavy atom. The molecule has 6 rings (SSSR count). The minimum absolute atomic E-state index is 0.00966. The van der Waals surface area contributed by atoms with Crippen LogP contribution in [0.1, 0.15) is 52.8 Å². The number of esters is 1. The van der Waals surface area contributed by atoms with Crippen LogP contribution in [0.4, 0.5) is 0 Å². The number of halogens is 1. The Morgan fingerprint density at radius 3 is 1.37 bits per heavy atom. The Hall–Kier alpha value is -1.49. The van der Waals surface area contributed by atoms with Gasteiger partial charge in [0.25, 0.3) is 0 Å². The van der Waals surface area contributed by atoms with Crippen molar-refractivity contribution in [2.45, 2.75) is 211 Å². The number of carbonyl (C=O) groups is 1. The van der Waals surface area contributed by atoms with Crippen LogP contribution in [0, 0.1) is 25.7 Å². The molecule has 454 valence electrons. The summed E-state index contributed by atoms with van der Waals surface area (Å²) < 4.78 is 52.1. The quantitative estimate of drug-likeness (QED) is 0.0487. The molecule has 81 heavy (non-hydrogen) atoms. The summed E-state index contributed by atoms with van der Waals surface area (Å²) in [7, 11) is -11.3.